The lowest BCUT2D eigenvalue weighted by atomic mass is 10.2. The van der Waals surface area contributed by atoms with Crippen molar-refractivity contribution in [2.75, 3.05) is 0 Å². The van der Waals surface area contributed by atoms with Gasteiger partial charge in [0.15, 0.2) is 0 Å². The summed E-state index contributed by atoms with van der Waals surface area (Å²) >= 11 is 1.01. The average molecular weight is 372 g/mol. The van der Waals surface area contributed by atoms with Crippen LogP contribution in [-0.2, 0) is 4.84 Å². The Morgan fingerprint density at radius 3 is 2.26 bits per heavy atom. The molecule has 0 aliphatic rings. The van der Waals surface area contributed by atoms with Crippen LogP contribution in [0.15, 0.2) is 107 Å². The number of thioether (sulfide) groups is 1. The maximum Gasteiger partial charge on any atom is 0.398 e. The van der Waals surface area contributed by atoms with Gasteiger partial charge in [-0.2, -0.15) is 0 Å². The molecule has 0 spiro atoms. The Kier molecular flexibility index (Phi) is 5.03. The topological polar surface area (TPSA) is 43.6 Å². The fourth-order valence-electron chi connectivity index (χ4n) is 2.80. The Hall–Kier alpha value is -3.31. The van der Waals surface area contributed by atoms with Gasteiger partial charge in [0.05, 0.1) is 5.52 Å². The number of carbonyl (C=O) groups is 1. The number of fused-ring (bicyclic) bond motifs is 1. The second-order valence-corrected chi connectivity index (χ2v) is 6.78. The van der Waals surface area contributed by atoms with Gasteiger partial charge in [0.25, 0.3) is 0 Å². The zero-order valence-electron chi connectivity index (χ0n) is 14.4. The number of rotatable bonds is 3. The van der Waals surface area contributed by atoms with E-state index in [0.717, 1.165) is 33.2 Å². The lowest BCUT2D eigenvalue weighted by molar-refractivity contribution is 0.175. The molecule has 0 aliphatic carbocycles. The van der Waals surface area contributed by atoms with Gasteiger partial charge < -0.3 is 9.40 Å². The molecule has 0 aliphatic heterocycles. The van der Waals surface area contributed by atoms with Crippen LogP contribution in [0, 0.1) is 0 Å². The van der Waals surface area contributed by atoms with Crippen molar-refractivity contribution in [2.45, 2.75) is 4.90 Å². The lowest BCUT2D eigenvalue weighted by Gasteiger charge is -2.11. The molecule has 0 atom stereocenters. The Morgan fingerprint density at radius 2 is 1.48 bits per heavy atom. The number of hydrogen-bond acceptors (Lipinski definition) is 4. The fourth-order valence-corrected chi connectivity index (χ4v) is 3.36. The van der Waals surface area contributed by atoms with Gasteiger partial charge in [0, 0.05) is 22.2 Å². The maximum absolute atomic E-state index is 12.1. The zero-order chi connectivity index (χ0) is 18.5. The standard InChI is InChI=1S/C22H16N2O2S/c25-22(27-18-11-5-2-6-12-18)26-23-20-15-16-24(17-9-3-1-4-10-17)21-14-8-7-13-19(20)21/h1-16H/b23-20+. The first-order valence-corrected chi connectivity index (χ1v) is 9.27. The molecule has 4 nitrogen and oxygen atoms in total. The molecule has 132 valence electrons. The van der Waals surface area contributed by atoms with E-state index in [2.05, 4.69) is 9.72 Å². The molecule has 27 heavy (non-hydrogen) atoms. The van der Waals surface area contributed by atoms with Crippen molar-refractivity contribution in [2.24, 2.45) is 5.16 Å². The van der Waals surface area contributed by atoms with Gasteiger partial charge in [-0.1, -0.05) is 59.8 Å². The molecular formula is C22H16N2O2S. The number of carbonyl (C=O) groups excluding carboxylic acids is 1. The summed E-state index contributed by atoms with van der Waals surface area (Å²) in [7, 11) is 0. The van der Waals surface area contributed by atoms with E-state index in [1.165, 1.54) is 0 Å². The van der Waals surface area contributed by atoms with E-state index in [1.54, 1.807) is 0 Å². The van der Waals surface area contributed by atoms with Crippen molar-refractivity contribution in [1.29, 1.82) is 0 Å². The van der Waals surface area contributed by atoms with Crippen molar-refractivity contribution >= 4 is 28.0 Å². The predicted octanol–water partition coefficient (Wildman–Crippen LogP) is 5.38. The third-order valence-corrected chi connectivity index (χ3v) is 4.77. The Bertz CT molecular complexity index is 1140. The molecule has 0 amide bonds. The minimum atomic E-state index is -0.468. The van der Waals surface area contributed by atoms with Crippen LogP contribution in [0.3, 0.4) is 0 Å². The van der Waals surface area contributed by atoms with Crippen LogP contribution < -0.4 is 5.36 Å². The number of pyridine rings is 1. The normalized spacial score (nSPS) is 11.5. The fraction of sp³-hybridized carbons (Fsp3) is 0. The number of hydrogen-bond donors (Lipinski definition) is 0. The predicted molar refractivity (Wildman–Crippen MR) is 108 cm³/mol. The molecular weight excluding hydrogens is 356 g/mol. The van der Waals surface area contributed by atoms with Gasteiger partial charge >= 0.3 is 5.30 Å². The first kappa shape index (κ1) is 17.1. The van der Waals surface area contributed by atoms with E-state index < -0.39 is 5.30 Å². The van der Waals surface area contributed by atoms with E-state index in [0.29, 0.717) is 5.36 Å². The van der Waals surface area contributed by atoms with E-state index in [9.17, 15) is 4.79 Å². The quantitative estimate of drug-likeness (QED) is 0.276. The van der Waals surface area contributed by atoms with Gasteiger partial charge in [-0.3, -0.25) is 0 Å². The van der Waals surface area contributed by atoms with Crippen molar-refractivity contribution in [1.82, 2.24) is 4.57 Å². The molecule has 1 aromatic heterocycles. The summed E-state index contributed by atoms with van der Waals surface area (Å²) in [5, 5.41) is 5.13. The van der Waals surface area contributed by atoms with Crippen LogP contribution in [0.2, 0.25) is 0 Å². The Balaban J connectivity index is 1.67. The summed E-state index contributed by atoms with van der Waals surface area (Å²) in [6, 6.07) is 29.2. The van der Waals surface area contributed by atoms with E-state index in [1.807, 2.05) is 97.2 Å². The summed E-state index contributed by atoms with van der Waals surface area (Å²) < 4.78 is 2.08. The SMILES string of the molecule is O=C(O/N=c1\ccn(-c2ccccc2)c2ccccc12)Sc1ccccc1. The molecule has 0 radical (unpaired) electrons. The van der Waals surface area contributed by atoms with Crippen molar-refractivity contribution in [3.63, 3.8) is 0 Å². The summed E-state index contributed by atoms with van der Waals surface area (Å²) in [5.41, 5.74) is 2.04. The van der Waals surface area contributed by atoms with Crippen molar-refractivity contribution in [3.8, 4) is 5.69 Å². The molecule has 0 N–H and O–H groups in total. The van der Waals surface area contributed by atoms with E-state index >= 15 is 0 Å². The number of para-hydroxylation sites is 2. The van der Waals surface area contributed by atoms with Gasteiger partial charge in [-0.15, -0.1) is 0 Å². The van der Waals surface area contributed by atoms with Crippen LogP contribution in [-0.4, -0.2) is 9.87 Å². The second kappa shape index (κ2) is 7.93. The summed E-state index contributed by atoms with van der Waals surface area (Å²) in [4.78, 5) is 18.0. The molecule has 1 heterocycles. The average Bonchev–Trinajstić information content (AvgIpc) is 2.73. The summed E-state index contributed by atoms with van der Waals surface area (Å²) in [6.07, 6.45) is 1.93. The molecule has 0 fully saturated rings. The maximum atomic E-state index is 12.1. The first-order valence-electron chi connectivity index (χ1n) is 8.45. The minimum absolute atomic E-state index is 0.468. The van der Waals surface area contributed by atoms with Crippen LogP contribution in [0.4, 0.5) is 4.79 Å². The van der Waals surface area contributed by atoms with Crippen molar-refractivity contribution < 1.29 is 9.63 Å². The molecule has 3 aromatic carbocycles. The Labute approximate surface area is 160 Å². The lowest BCUT2D eigenvalue weighted by Crippen LogP contribution is -2.09. The highest BCUT2D eigenvalue weighted by atomic mass is 32.2. The highest BCUT2D eigenvalue weighted by Gasteiger charge is 2.07. The zero-order valence-corrected chi connectivity index (χ0v) is 15.2. The number of nitrogens with zero attached hydrogens (tertiary/aromatic N) is 2. The molecule has 4 aromatic rings. The van der Waals surface area contributed by atoms with Gasteiger partial charge in [-0.05, 0) is 48.2 Å². The Morgan fingerprint density at radius 1 is 0.815 bits per heavy atom. The molecule has 0 bridgehead atoms. The van der Waals surface area contributed by atoms with Crippen LogP contribution in [0.1, 0.15) is 0 Å². The van der Waals surface area contributed by atoms with Crippen LogP contribution in [0.5, 0.6) is 0 Å². The summed E-state index contributed by atoms with van der Waals surface area (Å²) in [6.45, 7) is 0. The van der Waals surface area contributed by atoms with Crippen LogP contribution >= 0.6 is 11.8 Å². The molecule has 5 heteroatoms. The first-order chi connectivity index (χ1) is 13.3. The largest absolute Gasteiger partial charge is 0.398 e. The highest BCUT2D eigenvalue weighted by Crippen LogP contribution is 2.20. The third kappa shape index (κ3) is 3.93. The minimum Gasteiger partial charge on any atom is -0.316 e. The molecule has 0 unspecified atom stereocenters. The van der Waals surface area contributed by atoms with Gasteiger partial charge in [0.1, 0.15) is 5.36 Å². The van der Waals surface area contributed by atoms with E-state index in [-0.39, 0.29) is 0 Å². The molecule has 0 saturated heterocycles. The molecule has 4 rings (SSSR count). The third-order valence-electron chi connectivity index (χ3n) is 4.02. The van der Waals surface area contributed by atoms with Gasteiger partial charge in [-0.25, -0.2) is 4.79 Å². The van der Waals surface area contributed by atoms with Gasteiger partial charge in [0.2, 0.25) is 0 Å². The van der Waals surface area contributed by atoms with Crippen LogP contribution in [0.25, 0.3) is 16.6 Å². The number of benzene rings is 3. The highest BCUT2D eigenvalue weighted by molar-refractivity contribution is 8.13. The summed E-state index contributed by atoms with van der Waals surface area (Å²) in [5.74, 6) is 0. The smallest absolute Gasteiger partial charge is 0.316 e. The van der Waals surface area contributed by atoms with Crippen molar-refractivity contribution in [3.05, 3.63) is 103 Å². The monoisotopic (exact) mass is 372 g/mol. The molecule has 0 saturated carbocycles. The second-order valence-electron chi connectivity index (χ2n) is 5.77. The van der Waals surface area contributed by atoms with E-state index in [4.69, 9.17) is 4.84 Å². The number of aromatic nitrogens is 1.